The van der Waals surface area contributed by atoms with E-state index in [9.17, 15) is 4.79 Å². The van der Waals surface area contributed by atoms with Crippen molar-refractivity contribution >= 4 is 6.47 Å². The van der Waals surface area contributed by atoms with E-state index >= 15 is 0 Å². The molecule has 0 bridgehead atoms. The van der Waals surface area contributed by atoms with Gasteiger partial charge < -0.3 is 10.1 Å². The summed E-state index contributed by atoms with van der Waals surface area (Å²) in [5.41, 5.74) is 0.0374. The van der Waals surface area contributed by atoms with Crippen molar-refractivity contribution in [3.05, 3.63) is 0 Å². The predicted molar refractivity (Wildman–Crippen MR) is 58.1 cm³/mol. The van der Waals surface area contributed by atoms with Crippen molar-refractivity contribution in [2.24, 2.45) is 17.3 Å². The minimum absolute atomic E-state index is 0.0374. The lowest BCUT2D eigenvalue weighted by Crippen LogP contribution is -2.45. The van der Waals surface area contributed by atoms with Crippen molar-refractivity contribution in [2.45, 2.75) is 27.7 Å². The Morgan fingerprint density at radius 1 is 1.29 bits per heavy atom. The first kappa shape index (κ1) is 13.4. The van der Waals surface area contributed by atoms with E-state index in [1.807, 2.05) is 7.05 Å². The molecule has 0 saturated carbocycles. The first-order chi connectivity index (χ1) is 6.51. The Kier molecular flexibility index (Phi) is 5.77. The largest absolute Gasteiger partial charge is 0.467 e. The molecule has 0 fully saturated rings. The molecular weight excluding hydrogens is 178 g/mol. The van der Waals surface area contributed by atoms with E-state index in [1.54, 1.807) is 0 Å². The number of carbonyl (C=O) groups is 1. The van der Waals surface area contributed by atoms with Crippen LogP contribution in [0.2, 0.25) is 0 Å². The summed E-state index contributed by atoms with van der Waals surface area (Å²) < 4.78 is 4.95. The van der Waals surface area contributed by atoms with Gasteiger partial charge in [0.1, 0.15) is 0 Å². The SMILES string of the molecule is CNCC(COC=O)(C(C)C)C(C)C. The van der Waals surface area contributed by atoms with Gasteiger partial charge in [-0.15, -0.1) is 0 Å². The fraction of sp³-hybridized carbons (Fsp3) is 0.909. The van der Waals surface area contributed by atoms with E-state index in [0.29, 0.717) is 24.9 Å². The predicted octanol–water partition coefficient (Wildman–Crippen LogP) is 1.68. The monoisotopic (exact) mass is 201 g/mol. The average molecular weight is 201 g/mol. The van der Waals surface area contributed by atoms with Crippen LogP contribution in [0.3, 0.4) is 0 Å². The van der Waals surface area contributed by atoms with E-state index in [-0.39, 0.29) is 5.41 Å². The summed E-state index contributed by atoms with van der Waals surface area (Å²) in [5.74, 6) is 0.963. The molecule has 0 saturated heterocycles. The van der Waals surface area contributed by atoms with Crippen molar-refractivity contribution in [3.8, 4) is 0 Å². The van der Waals surface area contributed by atoms with Gasteiger partial charge in [-0.3, -0.25) is 4.79 Å². The molecule has 0 aromatic carbocycles. The van der Waals surface area contributed by atoms with Crippen molar-refractivity contribution in [1.82, 2.24) is 5.32 Å². The van der Waals surface area contributed by atoms with Gasteiger partial charge in [-0.1, -0.05) is 27.7 Å². The number of carbonyl (C=O) groups excluding carboxylic acids is 1. The number of rotatable bonds is 7. The standard InChI is InChI=1S/C11H23NO2/c1-9(2)11(6-12-5,10(3)4)7-14-8-13/h8-10,12H,6-7H2,1-5H3. The highest BCUT2D eigenvalue weighted by molar-refractivity contribution is 5.37. The molecule has 0 radical (unpaired) electrons. The molecule has 0 aromatic heterocycles. The second-order valence-electron chi connectivity index (χ2n) is 4.48. The molecule has 3 nitrogen and oxygen atoms in total. The molecule has 0 aliphatic carbocycles. The molecule has 0 atom stereocenters. The zero-order chi connectivity index (χ0) is 11.2. The third-order valence-electron chi connectivity index (χ3n) is 3.23. The van der Waals surface area contributed by atoms with Crippen LogP contribution in [0.25, 0.3) is 0 Å². The van der Waals surface area contributed by atoms with Crippen LogP contribution in [0.1, 0.15) is 27.7 Å². The lowest BCUT2D eigenvalue weighted by atomic mass is 9.69. The Bertz CT molecular complexity index is 159. The molecule has 14 heavy (non-hydrogen) atoms. The summed E-state index contributed by atoms with van der Waals surface area (Å²) in [7, 11) is 1.93. The zero-order valence-corrected chi connectivity index (χ0v) is 9.96. The van der Waals surface area contributed by atoms with Crippen LogP contribution >= 0.6 is 0 Å². The van der Waals surface area contributed by atoms with Crippen molar-refractivity contribution in [1.29, 1.82) is 0 Å². The van der Waals surface area contributed by atoms with Crippen molar-refractivity contribution in [2.75, 3.05) is 20.2 Å². The molecular formula is C11H23NO2. The first-order valence-corrected chi connectivity index (χ1v) is 5.21. The second-order valence-corrected chi connectivity index (χ2v) is 4.48. The third-order valence-corrected chi connectivity index (χ3v) is 3.23. The first-order valence-electron chi connectivity index (χ1n) is 5.21. The molecule has 0 aliphatic heterocycles. The second kappa shape index (κ2) is 6.02. The van der Waals surface area contributed by atoms with Crippen molar-refractivity contribution in [3.63, 3.8) is 0 Å². The van der Waals surface area contributed by atoms with E-state index in [1.165, 1.54) is 0 Å². The van der Waals surface area contributed by atoms with Crippen LogP contribution in [0.15, 0.2) is 0 Å². The molecule has 0 rings (SSSR count). The van der Waals surface area contributed by atoms with E-state index < -0.39 is 0 Å². The van der Waals surface area contributed by atoms with Gasteiger partial charge in [-0.25, -0.2) is 0 Å². The highest BCUT2D eigenvalue weighted by Gasteiger charge is 2.37. The Balaban J connectivity index is 4.64. The van der Waals surface area contributed by atoms with Crippen LogP contribution in [-0.2, 0) is 9.53 Å². The third kappa shape index (κ3) is 2.98. The van der Waals surface area contributed by atoms with Gasteiger partial charge in [0.25, 0.3) is 6.47 Å². The Morgan fingerprint density at radius 2 is 1.79 bits per heavy atom. The van der Waals surface area contributed by atoms with Gasteiger partial charge in [-0.2, -0.15) is 0 Å². The summed E-state index contributed by atoms with van der Waals surface area (Å²) in [6, 6.07) is 0. The molecule has 0 spiro atoms. The topological polar surface area (TPSA) is 38.3 Å². The lowest BCUT2D eigenvalue weighted by Gasteiger charge is -2.40. The lowest BCUT2D eigenvalue weighted by molar-refractivity contribution is -0.134. The Hall–Kier alpha value is -0.570. The quantitative estimate of drug-likeness (QED) is 0.637. The van der Waals surface area contributed by atoms with Crippen molar-refractivity contribution < 1.29 is 9.53 Å². The fourth-order valence-corrected chi connectivity index (χ4v) is 1.98. The smallest absolute Gasteiger partial charge is 0.293 e. The maximum atomic E-state index is 10.3. The van der Waals surface area contributed by atoms with Gasteiger partial charge in [0.2, 0.25) is 0 Å². The Morgan fingerprint density at radius 3 is 2.07 bits per heavy atom. The minimum atomic E-state index is 0.0374. The van der Waals surface area contributed by atoms with E-state index in [0.717, 1.165) is 6.54 Å². The molecule has 1 N–H and O–H groups in total. The zero-order valence-electron chi connectivity index (χ0n) is 9.96. The minimum Gasteiger partial charge on any atom is -0.467 e. The summed E-state index contributed by atoms with van der Waals surface area (Å²) >= 11 is 0. The molecule has 84 valence electrons. The van der Waals surface area contributed by atoms with Gasteiger partial charge in [0.15, 0.2) is 0 Å². The summed E-state index contributed by atoms with van der Waals surface area (Å²) in [5, 5.41) is 3.18. The molecule has 3 heteroatoms. The van der Waals surface area contributed by atoms with Crippen LogP contribution in [0.5, 0.6) is 0 Å². The van der Waals surface area contributed by atoms with Crippen LogP contribution in [0.4, 0.5) is 0 Å². The molecule has 0 unspecified atom stereocenters. The number of nitrogens with one attached hydrogen (secondary N) is 1. The van der Waals surface area contributed by atoms with E-state index in [2.05, 4.69) is 33.0 Å². The van der Waals surface area contributed by atoms with Crippen LogP contribution in [-0.4, -0.2) is 26.7 Å². The average Bonchev–Trinajstić information content (AvgIpc) is 2.11. The fourth-order valence-electron chi connectivity index (χ4n) is 1.98. The van der Waals surface area contributed by atoms with Crippen LogP contribution < -0.4 is 5.32 Å². The van der Waals surface area contributed by atoms with Gasteiger partial charge in [0, 0.05) is 12.0 Å². The summed E-state index contributed by atoms with van der Waals surface area (Å²) in [6.07, 6.45) is 0. The number of ether oxygens (including phenoxy) is 1. The molecule has 0 aromatic rings. The highest BCUT2D eigenvalue weighted by Crippen LogP contribution is 2.35. The van der Waals surface area contributed by atoms with E-state index in [4.69, 9.17) is 4.74 Å². The van der Waals surface area contributed by atoms with Gasteiger partial charge in [0.05, 0.1) is 6.61 Å². The molecule has 0 amide bonds. The van der Waals surface area contributed by atoms with Crippen LogP contribution in [0, 0.1) is 17.3 Å². The van der Waals surface area contributed by atoms with Gasteiger partial charge >= 0.3 is 0 Å². The normalized spacial score (nSPS) is 12.2. The maximum Gasteiger partial charge on any atom is 0.293 e. The van der Waals surface area contributed by atoms with Gasteiger partial charge in [-0.05, 0) is 18.9 Å². The molecule has 0 aliphatic rings. The maximum absolute atomic E-state index is 10.3. The summed E-state index contributed by atoms with van der Waals surface area (Å²) in [6.45, 7) is 10.6. The number of hydrogen-bond donors (Lipinski definition) is 1. The summed E-state index contributed by atoms with van der Waals surface area (Å²) in [4.78, 5) is 10.3. The molecule has 0 heterocycles. The number of hydrogen-bond acceptors (Lipinski definition) is 3. The highest BCUT2D eigenvalue weighted by atomic mass is 16.5. The Labute approximate surface area is 87.2 Å².